The van der Waals surface area contributed by atoms with Crippen molar-refractivity contribution in [1.82, 2.24) is 19.7 Å². The van der Waals surface area contributed by atoms with E-state index < -0.39 is 0 Å². The van der Waals surface area contributed by atoms with Crippen molar-refractivity contribution in [1.29, 1.82) is 0 Å². The van der Waals surface area contributed by atoms with E-state index in [1.165, 1.54) is 11.3 Å². The third-order valence-corrected chi connectivity index (χ3v) is 4.79. The summed E-state index contributed by atoms with van der Waals surface area (Å²) in [6.45, 7) is 10.4. The van der Waals surface area contributed by atoms with E-state index in [0.717, 1.165) is 42.4 Å². The highest BCUT2D eigenvalue weighted by Gasteiger charge is 2.26. The molecule has 1 aromatic carbocycles. The van der Waals surface area contributed by atoms with Crippen LogP contribution in [0.2, 0.25) is 0 Å². The highest BCUT2D eigenvalue weighted by atomic mass is 15.3. The van der Waals surface area contributed by atoms with E-state index in [1.807, 2.05) is 31.3 Å². The van der Waals surface area contributed by atoms with Crippen LogP contribution < -0.4 is 4.90 Å². The number of aryl methyl sites for hydroxylation is 1. The molecule has 1 aliphatic heterocycles. The summed E-state index contributed by atoms with van der Waals surface area (Å²) in [7, 11) is 0. The summed E-state index contributed by atoms with van der Waals surface area (Å²) in [4.78, 5) is 11.7. The van der Waals surface area contributed by atoms with Crippen LogP contribution in [0.5, 0.6) is 0 Å². The lowest BCUT2D eigenvalue weighted by atomic mass is 10.0. The first-order valence-corrected chi connectivity index (χ1v) is 9.14. The molecule has 0 saturated carbocycles. The topological polar surface area (TPSA) is 46.8 Å². The van der Waals surface area contributed by atoms with Gasteiger partial charge in [-0.15, -0.1) is 0 Å². The molecular formula is C21H25N5. The molecule has 26 heavy (non-hydrogen) atoms. The Morgan fingerprint density at radius 3 is 2.54 bits per heavy atom. The van der Waals surface area contributed by atoms with E-state index in [-0.39, 0.29) is 5.54 Å². The molecule has 0 N–H and O–H groups in total. The van der Waals surface area contributed by atoms with Gasteiger partial charge in [-0.1, -0.05) is 30.3 Å². The first-order valence-electron chi connectivity index (χ1n) is 9.14. The molecule has 5 heteroatoms. The summed E-state index contributed by atoms with van der Waals surface area (Å²) in [5.41, 5.74) is 4.76. The summed E-state index contributed by atoms with van der Waals surface area (Å²) in [5, 5.41) is 4.64. The maximum Gasteiger partial charge on any atom is 0.133 e. The third kappa shape index (κ3) is 3.09. The molecule has 0 spiro atoms. The Hall–Kier alpha value is -2.69. The monoisotopic (exact) mass is 347 g/mol. The number of nitrogens with zero attached hydrogens (tertiary/aromatic N) is 5. The van der Waals surface area contributed by atoms with E-state index in [4.69, 9.17) is 4.98 Å². The minimum Gasteiger partial charge on any atom is -0.352 e. The van der Waals surface area contributed by atoms with Crippen molar-refractivity contribution in [3.63, 3.8) is 0 Å². The smallest absolute Gasteiger partial charge is 0.133 e. The lowest BCUT2D eigenvalue weighted by Gasteiger charge is -2.31. The van der Waals surface area contributed by atoms with Crippen LogP contribution in [-0.4, -0.2) is 26.3 Å². The molecule has 0 fully saturated rings. The maximum absolute atomic E-state index is 4.70. The fourth-order valence-electron chi connectivity index (χ4n) is 3.58. The van der Waals surface area contributed by atoms with Gasteiger partial charge in [0, 0.05) is 42.4 Å². The molecule has 4 rings (SSSR count). The van der Waals surface area contributed by atoms with E-state index >= 15 is 0 Å². The molecule has 0 atom stereocenters. The number of aromatic nitrogens is 4. The van der Waals surface area contributed by atoms with E-state index in [0.29, 0.717) is 0 Å². The number of benzene rings is 1. The summed E-state index contributed by atoms with van der Waals surface area (Å²) < 4.78 is 2.17. The largest absolute Gasteiger partial charge is 0.352 e. The van der Waals surface area contributed by atoms with Crippen molar-refractivity contribution >= 4 is 5.82 Å². The van der Waals surface area contributed by atoms with E-state index in [1.54, 1.807) is 0 Å². The third-order valence-electron chi connectivity index (χ3n) is 4.79. The Morgan fingerprint density at radius 1 is 1.04 bits per heavy atom. The second kappa shape index (κ2) is 6.24. The van der Waals surface area contributed by atoms with Crippen molar-refractivity contribution in [3.8, 4) is 11.3 Å². The number of anilines is 1. The van der Waals surface area contributed by atoms with Gasteiger partial charge < -0.3 is 4.90 Å². The molecule has 0 bridgehead atoms. The molecule has 1 aliphatic rings. The van der Waals surface area contributed by atoms with Crippen LogP contribution >= 0.6 is 0 Å². The molecule has 134 valence electrons. The van der Waals surface area contributed by atoms with Crippen LogP contribution in [0.3, 0.4) is 0 Å². The summed E-state index contributed by atoms with van der Waals surface area (Å²) in [5.74, 6) is 1.79. The molecule has 0 aliphatic carbocycles. The Labute approximate surface area is 154 Å². The van der Waals surface area contributed by atoms with Gasteiger partial charge in [-0.2, -0.15) is 5.10 Å². The Balaban J connectivity index is 1.65. The van der Waals surface area contributed by atoms with Gasteiger partial charge in [0.05, 0.1) is 17.4 Å². The molecular weight excluding hydrogens is 322 g/mol. The average molecular weight is 347 g/mol. The van der Waals surface area contributed by atoms with E-state index in [9.17, 15) is 0 Å². The van der Waals surface area contributed by atoms with Crippen LogP contribution in [0.1, 0.15) is 37.9 Å². The molecule has 3 aromatic rings. The Bertz CT molecular complexity index is 921. The van der Waals surface area contributed by atoms with Gasteiger partial charge >= 0.3 is 0 Å². The molecule has 3 heterocycles. The van der Waals surface area contributed by atoms with Crippen LogP contribution in [0.4, 0.5) is 5.82 Å². The Kier molecular flexibility index (Phi) is 4.02. The molecule has 0 saturated heterocycles. The lowest BCUT2D eigenvalue weighted by Crippen LogP contribution is -2.34. The van der Waals surface area contributed by atoms with Crippen molar-refractivity contribution in [2.45, 2.75) is 46.2 Å². The number of hydrogen-bond donors (Lipinski definition) is 0. The zero-order valence-corrected chi connectivity index (χ0v) is 15.9. The van der Waals surface area contributed by atoms with Crippen LogP contribution in [0.25, 0.3) is 11.3 Å². The van der Waals surface area contributed by atoms with Gasteiger partial charge in [0.15, 0.2) is 0 Å². The van der Waals surface area contributed by atoms with Gasteiger partial charge in [0.25, 0.3) is 0 Å². The van der Waals surface area contributed by atoms with Gasteiger partial charge in [-0.3, -0.25) is 4.68 Å². The quantitative estimate of drug-likeness (QED) is 0.704. The Morgan fingerprint density at radius 2 is 1.81 bits per heavy atom. The second-order valence-electron chi connectivity index (χ2n) is 7.90. The van der Waals surface area contributed by atoms with Crippen molar-refractivity contribution in [2.24, 2.45) is 0 Å². The highest BCUT2D eigenvalue weighted by molar-refractivity contribution is 5.63. The van der Waals surface area contributed by atoms with Gasteiger partial charge in [-0.25, -0.2) is 9.97 Å². The van der Waals surface area contributed by atoms with Crippen LogP contribution in [-0.2, 0) is 18.5 Å². The zero-order chi connectivity index (χ0) is 18.3. The van der Waals surface area contributed by atoms with E-state index in [2.05, 4.69) is 58.6 Å². The van der Waals surface area contributed by atoms with Gasteiger partial charge in [0.2, 0.25) is 0 Å². The number of hydrogen-bond acceptors (Lipinski definition) is 4. The minimum absolute atomic E-state index is 0.0156. The van der Waals surface area contributed by atoms with Crippen LogP contribution in [0.15, 0.2) is 42.6 Å². The fraction of sp³-hybridized carbons (Fsp3) is 0.381. The van der Waals surface area contributed by atoms with Crippen molar-refractivity contribution < 1.29 is 0 Å². The first-order chi connectivity index (χ1) is 12.4. The van der Waals surface area contributed by atoms with Crippen LogP contribution in [0, 0.1) is 6.92 Å². The molecule has 0 amide bonds. The van der Waals surface area contributed by atoms with Crippen molar-refractivity contribution in [2.75, 3.05) is 11.4 Å². The van der Waals surface area contributed by atoms with Crippen molar-refractivity contribution in [3.05, 3.63) is 59.7 Å². The normalized spacial score (nSPS) is 14.4. The number of rotatable bonds is 2. The second-order valence-corrected chi connectivity index (χ2v) is 7.90. The number of fused-ring (bicyclic) bond motifs is 1. The summed E-state index contributed by atoms with van der Waals surface area (Å²) >= 11 is 0. The molecule has 2 aromatic heterocycles. The summed E-state index contributed by atoms with van der Waals surface area (Å²) in [6, 6.07) is 12.4. The molecule has 5 nitrogen and oxygen atoms in total. The van der Waals surface area contributed by atoms with Gasteiger partial charge in [-0.05, 0) is 27.7 Å². The zero-order valence-electron chi connectivity index (χ0n) is 15.9. The standard InChI is InChI=1S/C21H25N5/c1-15-23-18(16-8-6-5-7-9-16)12-20(24-15)25-11-10-19-17(14-25)13-22-26(19)21(2,3)4/h5-9,12-13H,10-11,14H2,1-4H3. The SMILES string of the molecule is Cc1nc(-c2ccccc2)cc(N2CCc3c(cnn3C(C)(C)C)C2)n1. The maximum atomic E-state index is 4.70. The fourth-order valence-corrected chi connectivity index (χ4v) is 3.58. The lowest BCUT2D eigenvalue weighted by molar-refractivity contribution is 0.341. The van der Waals surface area contributed by atoms with Gasteiger partial charge in [0.1, 0.15) is 11.6 Å². The minimum atomic E-state index is 0.0156. The predicted molar refractivity (Wildman–Crippen MR) is 104 cm³/mol. The predicted octanol–water partition coefficient (Wildman–Crippen LogP) is 3.97. The molecule has 0 radical (unpaired) electrons. The highest BCUT2D eigenvalue weighted by Crippen LogP contribution is 2.28. The first kappa shape index (κ1) is 16.8. The summed E-state index contributed by atoms with van der Waals surface area (Å²) in [6.07, 6.45) is 3.00. The average Bonchev–Trinajstić information content (AvgIpc) is 3.05. The molecule has 0 unspecified atom stereocenters.